The standard InChI is InChI=1S/C8H7N2O5P/c11-7-5-3-1-2-4-6(5)8(12)10(7)9-16(13,14)15/h1-4H,(H3,9,13,14,15). The number of nitrogens with one attached hydrogen (secondary N) is 1. The first-order chi connectivity index (χ1) is 7.40. The van der Waals surface area contributed by atoms with Crippen LogP contribution in [0.25, 0.3) is 0 Å². The van der Waals surface area contributed by atoms with E-state index in [-0.39, 0.29) is 11.1 Å². The molecule has 16 heavy (non-hydrogen) atoms. The first kappa shape index (κ1) is 11.0. The van der Waals surface area contributed by atoms with Crippen molar-refractivity contribution in [3.63, 3.8) is 0 Å². The Bertz CT molecular complexity index is 488. The van der Waals surface area contributed by atoms with Gasteiger partial charge in [0.1, 0.15) is 0 Å². The summed E-state index contributed by atoms with van der Waals surface area (Å²) in [5.74, 6) is -1.55. The summed E-state index contributed by atoms with van der Waals surface area (Å²) in [6.07, 6.45) is 0. The van der Waals surface area contributed by atoms with E-state index >= 15 is 0 Å². The molecule has 0 aliphatic carbocycles. The molecule has 0 spiro atoms. The van der Waals surface area contributed by atoms with E-state index < -0.39 is 19.6 Å². The first-order valence-electron chi connectivity index (χ1n) is 4.21. The lowest BCUT2D eigenvalue weighted by Crippen LogP contribution is -2.40. The summed E-state index contributed by atoms with van der Waals surface area (Å²) in [6.45, 7) is 0. The number of rotatable bonds is 2. The highest BCUT2D eigenvalue weighted by Gasteiger charge is 2.38. The highest BCUT2D eigenvalue weighted by molar-refractivity contribution is 7.49. The predicted molar refractivity (Wildman–Crippen MR) is 52.1 cm³/mol. The van der Waals surface area contributed by atoms with Gasteiger partial charge in [0.2, 0.25) is 0 Å². The van der Waals surface area contributed by atoms with Gasteiger partial charge in [-0.15, -0.1) is 5.20 Å². The number of hydrogen-bond donors (Lipinski definition) is 3. The van der Waals surface area contributed by atoms with Crippen molar-refractivity contribution in [1.82, 2.24) is 10.2 Å². The van der Waals surface area contributed by atoms with Crippen molar-refractivity contribution in [2.75, 3.05) is 0 Å². The monoisotopic (exact) mass is 242 g/mol. The molecule has 84 valence electrons. The van der Waals surface area contributed by atoms with Crippen molar-refractivity contribution in [3.8, 4) is 0 Å². The summed E-state index contributed by atoms with van der Waals surface area (Å²) < 4.78 is 10.7. The Hall–Kier alpha value is -1.53. The molecule has 8 heteroatoms. The molecular weight excluding hydrogens is 235 g/mol. The molecule has 1 aromatic carbocycles. The van der Waals surface area contributed by atoms with Crippen LogP contribution in [0, 0.1) is 0 Å². The fraction of sp³-hybridized carbons (Fsp3) is 0. The normalized spacial score (nSPS) is 15.5. The Morgan fingerprint density at radius 1 is 1.06 bits per heavy atom. The number of fused-ring (bicyclic) bond motifs is 1. The van der Waals surface area contributed by atoms with Crippen LogP contribution >= 0.6 is 7.75 Å². The first-order valence-corrected chi connectivity index (χ1v) is 5.82. The van der Waals surface area contributed by atoms with Crippen LogP contribution in [0.15, 0.2) is 24.3 Å². The fourth-order valence-corrected chi connectivity index (χ4v) is 1.85. The zero-order valence-corrected chi connectivity index (χ0v) is 8.72. The molecular formula is C8H7N2O5P. The third-order valence-electron chi connectivity index (χ3n) is 2.02. The molecule has 1 aromatic rings. The lowest BCUT2D eigenvalue weighted by atomic mass is 10.1. The quantitative estimate of drug-likeness (QED) is 0.493. The summed E-state index contributed by atoms with van der Waals surface area (Å²) >= 11 is 0. The maximum atomic E-state index is 11.6. The van der Waals surface area contributed by atoms with Gasteiger partial charge in [-0.25, -0.2) is 4.57 Å². The van der Waals surface area contributed by atoms with Crippen LogP contribution in [-0.2, 0) is 4.57 Å². The number of amides is 2. The third kappa shape index (κ3) is 1.77. The maximum Gasteiger partial charge on any atom is 0.418 e. The van der Waals surface area contributed by atoms with E-state index in [9.17, 15) is 14.2 Å². The van der Waals surface area contributed by atoms with Crippen molar-refractivity contribution in [2.45, 2.75) is 0 Å². The van der Waals surface area contributed by atoms with E-state index in [2.05, 4.69) is 0 Å². The summed E-state index contributed by atoms with van der Waals surface area (Å²) in [5.41, 5.74) is 0.238. The summed E-state index contributed by atoms with van der Waals surface area (Å²) in [6, 6.07) is 5.95. The van der Waals surface area contributed by atoms with E-state index in [1.54, 1.807) is 17.3 Å². The zero-order valence-electron chi connectivity index (χ0n) is 7.82. The number of hydrogen-bond acceptors (Lipinski definition) is 3. The van der Waals surface area contributed by atoms with Crippen molar-refractivity contribution in [3.05, 3.63) is 35.4 Å². The van der Waals surface area contributed by atoms with Gasteiger partial charge in [-0.3, -0.25) is 9.59 Å². The number of imide groups is 1. The third-order valence-corrected chi connectivity index (χ3v) is 2.48. The van der Waals surface area contributed by atoms with Crippen LogP contribution in [0.4, 0.5) is 0 Å². The molecule has 0 unspecified atom stereocenters. The number of benzene rings is 1. The van der Waals surface area contributed by atoms with Crippen molar-refractivity contribution in [1.29, 1.82) is 0 Å². The molecule has 3 N–H and O–H groups in total. The Balaban J connectivity index is 2.39. The summed E-state index contributed by atoms with van der Waals surface area (Å²) in [5, 5.41) is 1.89. The molecule has 0 atom stereocenters. The summed E-state index contributed by atoms with van der Waals surface area (Å²) in [4.78, 5) is 40.5. The van der Waals surface area contributed by atoms with E-state index in [1.807, 2.05) is 0 Å². The van der Waals surface area contributed by atoms with E-state index in [1.165, 1.54) is 12.1 Å². The second kappa shape index (κ2) is 3.50. The molecule has 1 heterocycles. The Morgan fingerprint density at radius 3 is 1.88 bits per heavy atom. The van der Waals surface area contributed by atoms with Crippen LogP contribution in [0.2, 0.25) is 0 Å². The fourth-order valence-electron chi connectivity index (χ4n) is 1.41. The molecule has 0 radical (unpaired) electrons. The Morgan fingerprint density at radius 2 is 1.50 bits per heavy atom. The zero-order chi connectivity index (χ0) is 11.9. The minimum absolute atomic E-state index is 0.119. The van der Waals surface area contributed by atoms with Gasteiger partial charge in [0, 0.05) is 0 Å². The number of carbonyl (C=O) groups excluding carboxylic acids is 2. The lowest BCUT2D eigenvalue weighted by Gasteiger charge is -2.15. The average Bonchev–Trinajstić information content (AvgIpc) is 2.43. The average molecular weight is 242 g/mol. The minimum atomic E-state index is -4.68. The van der Waals surface area contributed by atoms with Crippen LogP contribution in [0.5, 0.6) is 0 Å². The lowest BCUT2D eigenvalue weighted by molar-refractivity contribution is 0.0598. The summed E-state index contributed by atoms with van der Waals surface area (Å²) in [7, 11) is -4.68. The molecule has 0 saturated carbocycles. The van der Waals surface area contributed by atoms with Crippen molar-refractivity contribution >= 4 is 19.6 Å². The van der Waals surface area contributed by atoms with E-state index in [4.69, 9.17) is 9.79 Å². The van der Waals surface area contributed by atoms with Gasteiger partial charge in [0.05, 0.1) is 11.1 Å². The Labute approximate surface area is 89.9 Å². The highest BCUT2D eigenvalue weighted by Crippen LogP contribution is 2.32. The van der Waals surface area contributed by atoms with Gasteiger partial charge in [-0.05, 0) is 12.1 Å². The minimum Gasteiger partial charge on any atom is -0.311 e. The van der Waals surface area contributed by atoms with Gasteiger partial charge < -0.3 is 9.79 Å². The van der Waals surface area contributed by atoms with Crippen LogP contribution < -0.4 is 5.20 Å². The molecule has 2 amide bonds. The molecule has 2 rings (SSSR count). The SMILES string of the molecule is O=C1c2ccccc2C(=O)N1NP(=O)(O)O. The van der Waals surface area contributed by atoms with Gasteiger partial charge in [0.25, 0.3) is 11.8 Å². The highest BCUT2D eigenvalue weighted by atomic mass is 31.2. The molecule has 0 saturated heterocycles. The molecule has 1 aliphatic rings. The van der Waals surface area contributed by atoms with E-state index in [0.717, 1.165) is 0 Å². The predicted octanol–water partition coefficient (Wildman–Crippen LogP) is -0.120. The largest absolute Gasteiger partial charge is 0.418 e. The number of carbonyl (C=O) groups is 2. The molecule has 1 aliphatic heterocycles. The van der Waals surface area contributed by atoms with Crippen molar-refractivity contribution in [2.24, 2.45) is 0 Å². The number of nitrogens with zero attached hydrogens (tertiary/aromatic N) is 1. The van der Waals surface area contributed by atoms with Gasteiger partial charge in [-0.2, -0.15) is 5.01 Å². The van der Waals surface area contributed by atoms with Crippen molar-refractivity contribution < 1.29 is 23.9 Å². The van der Waals surface area contributed by atoms with Crippen LogP contribution in [0.1, 0.15) is 20.7 Å². The molecule has 7 nitrogen and oxygen atoms in total. The topological polar surface area (TPSA) is 107 Å². The van der Waals surface area contributed by atoms with Gasteiger partial charge in [0.15, 0.2) is 0 Å². The molecule has 0 fully saturated rings. The smallest absolute Gasteiger partial charge is 0.311 e. The van der Waals surface area contributed by atoms with Crippen LogP contribution in [-0.4, -0.2) is 26.6 Å². The second-order valence-corrected chi connectivity index (χ2v) is 4.42. The Kier molecular flexibility index (Phi) is 2.40. The van der Waals surface area contributed by atoms with Gasteiger partial charge >= 0.3 is 7.75 Å². The second-order valence-electron chi connectivity index (χ2n) is 3.14. The van der Waals surface area contributed by atoms with Gasteiger partial charge in [-0.1, -0.05) is 12.1 Å². The van der Waals surface area contributed by atoms with E-state index in [0.29, 0.717) is 5.01 Å². The molecule has 0 aromatic heterocycles. The molecule has 0 bridgehead atoms. The maximum absolute atomic E-state index is 11.6. The van der Waals surface area contributed by atoms with Crippen LogP contribution in [0.3, 0.4) is 0 Å². The number of hydrazine groups is 1.